The highest BCUT2D eigenvalue weighted by molar-refractivity contribution is 5.46. The third-order valence-corrected chi connectivity index (χ3v) is 2.02. The lowest BCUT2D eigenvalue weighted by molar-refractivity contribution is -0.389. The van der Waals surface area contributed by atoms with Crippen LogP contribution in [0.5, 0.6) is 0 Å². The number of nitrogens with zero attached hydrogens (tertiary/aromatic N) is 3. The van der Waals surface area contributed by atoms with Crippen LogP contribution in [0.4, 0.5) is 11.5 Å². The fraction of sp³-hybridized carbons (Fsp3) is 0.444. The summed E-state index contributed by atoms with van der Waals surface area (Å²) in [6, 6.07) is 2.83. The van der Waals surface area contributed by atoms with Crippen LogP contribution in [-0.2, 0) is 0 Å². The Morgan fingerprint density at radius 2 is 1.94 bits per heavy atom. The van der Waals surface area contributed by atoms with E-state index in [1.165, 1.54) is 18.3 Å². The zero-order valence-electron chi connectivity index (χ0n) is 8.61. The van der Waals surface area contributed by atoms with Gasteiger partial charge in [-0.1, -0.05) is 0 Å². The number of anilines is 1. The number of nitro groups is 1. The van der Waals surface area contributed by atoms with Crippen LogP contribution < -0.4 is 4.90 Å². The van der Waals surface area contributed by atoms with Crippen LogP contribution in [0.2, 0.25) is 0 Å². The molecule has 1 rings (SSSR count). The Hall–Kier alpha value is -1.73. The van der Waals surface area contributed by atoms with E-state index in [-0.39, 0.29) is 19.0 Å². The van der Waals surface area contributed by atoms with Crippen molar-refractivity contribution < 1.29 is 15.1 Å². The number of hydrogen-bond donors (Lipinski definition) is 2. The average Bonchev–Trinajstić information content (AvgIpc) is 2.29. The second-order valence-electron chi connectivity index (χ2n) is 3.07. The highest BCUT2D eigenvalue weighted by Gasteiger charge is 2.10. The van der Waals surface area contributed by atoms with E-state index in [4.69, 9.17) is 10.2 Å². The topological polar surface area (TPSA) is 99.7 Å². The molecule has 0 radical (unpaired) electrons. The molecule has 7 heteroatoms. The number of aliphatic hydroxyl groups excluding tert-OH is 2. The van der Waals surface area contributed by atoms with E-state index in [9.17, 15) is 10.1 Å². The van der Waals surface area contributed by atoms with Crippen molar-refractivity contribution >= 4 is 11.5 Å². The number of aromatic nitrogens is 1. The molecule has 0 saturated heterocycles. The Morgan fingerprint density at radius 3 is 2.31 bits per heavy atom. The Labute approximate surface area is 92.1 Å². The zero-order chi connectivity index (χ0) is 12.0. The molecule has 1 aromatic heterocycles. The molecule has 0 atom stereocenters. The van der Waals surface area contributed by atoms with Crippen molar-refractivity contribution in [2.75, 3.05) is 31.2 Å². The monoisotopic (exact) mass is 227 g/mol. The second kappa shape index (κ2) is 5.99. The molecule has 0 aliphatic carbocycles. The fourth-order valence-corrected chi connectivity index (χ4v) is 1.28. The predicted octanol–water partition coefficient (Wildman–Crippen LogP) is -0.219. The largest absolute Gasteiger partial charge is 0.395 e. The van der Waals surface area contributed by atoms with Crippen LogP contribution >= 0.6 is 0 Å². The molecular weight excluding hydrogens is 214 g/mol. The van der Waals surface area contributed by atoms with Gasteiger partial charge in [0.1, 0.15) is 0 Å². The van der Waals surface area contributed by atoms with Crippen LogP contribution in [0.25, 0.3) is 0 Å². The van der Waals surface area contributed by atoms with Crippen LogP contribution in [0.1, 0.15) is 0 Å². The van der Waals surface area contributed by atoms with Gasteiger partial charge in [0.25, 0.3) is 0 Å². The molecule has 1 heterocycles. The van der Waals surface area contributed by atoms with Crippen molar-refractivity contribution in [2.24, 2.45) is 0 Å². The predicted molar refractivity (Wildman–Crippen MR) is 57.3 cm³/mol. The third kappa shape index (κ3) is 3.14. The Morgan fingerprint density at radius 1 is 1.31 bits per heavy atom. The highest BCUT2D eigenvalue weighted by Crippen LogP contribution is 2.15. The first kappa shape index (κ1) is 12.3. The maximum atomic E-state index is 10.4. The molecule has 1 aromatic rings. The van der Waals surface area contributed by atoms with E-state index in [2.05, 4.69) is 4.98 Å². The van der Waals surface area contributed by atoms with Crippen LogP contribution in [0.15, 0.2) is 18.3 Å². The minimum atomic E-state index is -0.577. The number of pyridine rings is 1. The van der Waals surface area contributed by atoms with Gasteiger partial charge in [0.2, 0.25) is 0 Å². The minimum Gasteiger partial charge on any atom is -0.395 e. The summed E-state index contributed by atoms with van der Waals surface area (Å²) in [7, 11) is 0. The lowest BCUT2D eigenvalue weighted by atomic mass is 10.3. The van der Waals surface area contributed by atoms with Gasteiger partial charge in [-0.15, -0.1) is 0 Å². The quantitative estimate of drug-likeness (QED) is 0.515. The molecule has 0 fully saturated rings. The molecule has 0 bridgehead atoms. The lowest BCUT2D eigenvalue weighted by Gasteiger charge is -2.21. The fourth-order valence-electron chi connectivity index (χ4n) is 1.28. The maximum Gasteiger partial charge on any atom is 0.363 e. The van der Waals surface area contributed by atoms with Gasteiger partial charge in [-0.2, -0.15) is 0 Å². The van der Waals surface area contributed by atoms with E-state index < -0.39 is 4.92 Å². The second-order valence-corrected chi connectivity index (χ2v) is 3.07. The van der Waals surface area contributed by atoms with Gasteiger partial charge in [0.15, 0.2) is 6.20 Å². The van der Waals surface area contributed by atoms with Crippen LogP contribution in [0.3, 0.4) is 0 Å². The lowest BCUT2D eigenvalue weighted by Crippen LogP contribution is -2.29. The molecule has 0 aliphatic heterocycles. The number of hydrogen-bond acceptors (Lipinski definition) is 6. The maximum absolute atomic E-state index is 10.4. The molecule has 0 amide bonds. The van der Waals surface area contributed by atoms with Gasteiger partial charge < -0.3 is 25.2 Å². The molecule has 16 heavy (non-hydrogen) atoms. The van der Waals surface area contributed by atoms with Gasteiger partial charge in [0.05, 0.1) is 18.9 Å². The Bertz CT molecular complexity index is 335. The zero-order valence-corrected chi connectivity index (χ0v) is 8.61. The minimum absolute atomic E-state index is 0.0585. The molecule has 0 aromatic carbocycles. The van der Waals surface area contributed by atoms with E-state index in [1.54, 1.807) is 4.90 Å². The van der Waals surface area contributed by atoms with Crippen molar-refractivity contribution in [1.82, 2.24) is 4.98 Å². The van der Waals surface area contributed by atoms with E-state index in [0.29, 0.717) is 18.8 Å². The van der Waals surface area contributed by atoms with Gasteiger partial charge in [-0.25, -0.2) is 0 Å². The third-order valence-electron chi connectivity index (χ3n) is 2.02. The van der Waals surface area contributed by atoms with Gasteiger partial charge in [-0.3, -0.25) is 0 Å². The standard InChI is InChI=1S/C9H13N3O4/c13-5-3-11(4-6-14)8-1-2-9(10-7-8)12(15)16/h1-2,7,13-14H,3-6H2. The summed E-state index contributed by atoms with van der Waals surface area (Å²) in [5.74, 6) is -0.225. The molecule has 2 N–H and O–H groups in total. The van der Waals surface area contributed by atoms with Gasteiger partial charge >= 0.3 is 5.82 Å². The summed E-state index contributed by atoms with van der Waals surface area (Å²) < 4.78 is 0. The van der Waals surface area contributed by atoms with E-state index >= 15 is 0 Å². The SMILES string of the molecule is O=[N+]([O-])c1ccc(N(CCO)CCO)cn1. The Kier molecular flexibility index (Phi) is 4.62. The summed E-state index contributed by atoms with van der Waals surface area (Å²) in [6.07, 6.45) is 1.35. The first-order valence-electron chi connectivity index (χ1n) is 4.76. The smallest absolute Gasteiger partial charge is 0.363 e. The molecule has 0 unspecified atom stereocenters. The highest BCUT2D eigenvalue weighted by atomic mass is 16.6. The molecule has 88 valence electrons. The first-order chi connectivity index (χ1) is 7.69. The number of aliphatic hydroxyl groups is 2. The molecule has 7 nitrogen and oxygen atoms in total. The summed E-state index contributed by atoms with van der Waals surface area (Å²) >= 11 is 0. The molecule has 0 spiro atoms. The average molecular weight is 227 g/mol. The Balaban J connectivity index is 2.80. The summed E-state index contributed by atoms with van der Waals surface area (Å²) in [5.41, 5.74) is 0.633. The van der Waals surface area contributed by atoms with E-state index in [0.717, 1.165) is 0 Å². The van der Waals surface area contributed by atoms with Crippen molar-refractivity contribution in [1.29, 1.82) is 0 Å². The normalized spacial score (nSPS) is 10.1. The van der Waals surface area contributed by atoms with Crippen LogP contribution in [0, 0.1) is 10.1 Å². The molecular formula is C9H13N3O4. The van der Waals surface area contributed by atoms with Crippen molar-refractivity contribution in [3.8, 4) is 0 Å². The molecule has 0 aliphatic rings. The summed E-state index contributed by atoms with van der Waals surface area (Å²) in [6.45, 7) is 0.577. The summed E-state index contributed by atoms with van der Waals surface area (Å²) in [4.78, 5) is 15.2. The first-order valence-corrected chi connectivity index (χ1v) is 4.76. The van der Waals surface area contributed by atoms with Gasteiger partial charge in [0, 0.05) is 19.2 Å². The number of rotatable bonds is 6. The summed E-state index contributed by atoms with van der Waals surface area (Å²) in [5, 5.41) is 28.0. The van der Waals surface area contributed by atoms with E-state index in [1.807, 2.05) is 0 Å². The molecule has 0 saturated carbocycles. The van der Waals surface area contributed by atoms with Crippen molar-refractivity contribution in [2.45, 2.75) is 0 Å². The van der Waals surface area contributed by atoms with Crippen molar-refractivity contribution in [3.63, 3.8) is 0 Å². The van der Waals surface area contributed by atoms with Crippen LogP contribution in [-0.4, -0.2) is 46.4 Å². The van der Waals surface area contributed by atoms with Crippen molar-refractivity contribution in [3.05, 3.63) is 28.4 Å². The van der Waals surface area contributed by atoms with Gasteiger partial charge in [-0.05, 0) is 16.0 Å².